The van der Waals surface area contributed by atoms with Gasteiger partial charge in [-0.05, 0) is 42.5 Å². The molecule has 2 aromatic heterocycles. The third kappa shape index (κ3) is 4.84. The number of nitrogens with zero attached hydrogens (tertiary/aromatic N) is 5. The SMILES string of the molecule is CC[C@@H](C(=O)N1CCC(c2nc3c(nnn3Cc3cccc(Cl)c3)c(=O)[nH]2)CC1)c1ccccc1. The summed E-state index contributed by atoms with van der Waals surface area (Å²) in [5.41, 5.74) is 2.38. The summed E-state index contributed by atoms with van der Waals surface area (Å²) < 4.78 is 1.63. The first-order valence-electron chi connectivity index (χ1n) is 11.9. The summed E-state index contributed by atoms with van der Waals surface area (Å²) in [4.78, 5) is 35.6. The zero-order chi connectivity index (χ0) is 24.4. The van der Waals surface area contributed by atoms with E-state index in [1.165, 1.54) is 0 Å². The van der Waals surface area contributed by atoms with Crippen LogP contribution >= 0.6 is 11.6 Å². The van der Waals surface area contributed by atoms with Gasteiger partial charge in [-0.15, -0.1) is 5.10 Å². The maximum atomic E-state index is 13.2. The van der Waals surface area contributed by atoms with Gasteiger partial charge in [-0.25, -0.2) is 9.67 Å². The minimum absolute atomic E-state index is 0.0578. The van der Waals surface area contributed by atoms with Crippen molar-refractivity contribution < 1.29 is 4.79 Å². The quantitative estimate of drug-likeness (QED) is 0.438. The number of amides is 1. The van der Waals surface area contributed by atoms with Crippen LogP contribution in [0.4, 0.5) is 0 Å². The molecule has 0 saturated carbocycles. The van der Waals surface area contributed by atoms with Crippen molar-refractivity contribution in [3.8, 4) is 0 Å². The number of H-pyrrole nitrogens is 1. The molecule has 0 bridgehead atoms. The molecule has 4 aromatic rings. The van der Waals surface area contributed by atoms with Crippen LogP contribution in [0.2, 0.25) is 5.02 Å². The Morgan fingerprint density at radius 2 is 1.91 bits per heavy atom. The summed E-state index contributed by atoms with van der Waals surface area (Å²) >= 11 is 6.11. The first-order chi connectivity index (χ1) is 17.0. The number of aromatic nitrogens is 5. The van der Waals surface area contributed by atoms with Crippen molar-refractivity contribution in [2.45, 2.75) is 44.6 Å². The van der Waals surface area contributed by atoms with Crippen LogP contribution in [0.3, 0.4) is 0 Å². The van der Waals surface area contributed by atoms with Crippen LogP contribution in [0.25, 0.3) is 11.2 Å². The first-order valence-corrected chi connectivity index (χ1v) is 12.3. The maximum Gasteiger partial charge on any atom is 0.281 e. The summed E-state index contributed by atoms with van der Waals surface area (Å²) in [6, 6.07) is 17.4. The number of piperidine rings is 1. The summed E-state index contributed by atoms with van der Waals surface area (Å²) in [6.07, 6.45) is 2.24. The molecule has 0 unspecified atom stereocenters. The van der Waals surface area contributed by atoms with E-state index in [0.29, 0.717) is 36.1 Å². The van der Waals surface area contributed by atoms with Gasteiger partial charge in [0, 0.05) is 24.0 Å². The maximum absolute atomic E-state index is 13.2. The molecule has 1 aliphatic heterocycles. The molecule has 1 fully saturated rings. The van der Waals surface area contributed by atoms with Crippen molar-refractivity contribution in [1.82, 2.24) is 29.9 Å². The third-order valence-electron chi connectivity index (χ3n) is 6.71. The molecular formula is C26H27ClN6O2. The summed E-state index contributed by atoms with van der Waals surface area (Å²) in [6.45, 7) is 3.73. The van der Waals surface area contributed by atoms with Crippen molar-refractivity contribution in [1.29, 1.82) is 0 Å². The summed E-state index contributed by atoms with van der Waals surface area (Å²) in [5, 5.41) is 8.82. The fourth-order valence-corrected chi connectivity index (χ4v) is 5.04. The van der Waals surface area contributed by atoms with Gasteiger partial charge in [-0.3, -0.25) is 9.59 Å². The second kappa shape index (κ2) is 10.00. The zero-order valence-electron chi connectivity index (χ0n) is 19.5. The molecule has 2 aromatic carbocycles. The fraction of sp³-hybridized carbons (Fsp3) is 0.346. The van der Waals surface area contributed by atoms with Gasteiger partial charge in [-0.2, -0.15) is 0 Å². The van der Waals surface area contributed by atoms with Gasteiger partial charge in [0.15, 0.2) is 11.2 Å². The molecule has 1 saturated heterocycles. The molecule has 35 heavy (non-hydrogen) atoms. The van der Waals surface area contributed by atoms with Crippen LogP contribution in [0, 0.1) is 0 Å². The summed E-state index contributed by atoms with van der Waals surface area (Å²) in [5.74, 6) is 0.716. The zero-order valence-corrected chi connectivity index (χ0v) is 20.3. The topological polar surface area (TPSA) is 96.8 Å². The number of hydrogen-bond donors (Lipinski definition) is 1. The molecule has 1 atom stereocenters. The van der Waals surface area contributed by atoms with E-state index in [9.17, 15) is 9.59 Å². The van der Waals surface area contributed by atoms with Crippen LogP contribution in [-0.2, 0) is 11.3 Å². The Morgan fingerprint density at radius 3 is 2.63 bits per heavy atom. The van der Waals surface area contributed by atoms with Crippen LogP contribution in [0.5, 0.6) is 0 Å². The molecule has 5 rings (SSSR count). The molecule has 1 N–H and O–H groups in total. The van der Waals surface area contributed by atoms with Gasteiger partial charge >= 0.3 is 0 Å². The van der Waals surface area contributed by atoms with Crippen molar-refractivity contribution in [2.24, 2.45) is 0 Å². The van der Waals surface area contributed by atoms with Crippen LogP contribution in [0.15, 0.2) is 59.4 Å². The van der Waals surface area contributed by atoms with Crippen molar-refractivity contribution in [2.75, 3.05) is 13.1 Å². The second-order valence-electron chi connectivity index (χ2n) is 8.97. The lowest BCUT2D eigenvalue weighted by atomic mass is 9.91. The number of carbonyl (C=O) groups excluding carboxylic acids is 1. The van der Waals surface area contributed by atoms with Gasteiger partial charge in [0.25, 0.3) is 5.56 Å². The average Bonchev–Trinajstić information content (AvgIpc) is 3.28. The molecule has 8 nitrogen and oxygen atoms in total. The molecule has 3 heterocycles. The standard InChI is InChI=1S/C26H27ClN6O2/c1-2-21(18-8-4-3-5-9-18)26(35)32-13-11-19(12-14-32)23-28-24-22(25(34)29-23)30-31-33(24)16-17-7-6-10-20(27)15-17/h3-10,15,19,21H,2,11-14,16H2,1H3,(H,28,29,34)/t21-/m1/s1. The predicted octanol–water partition coefficient (Wildman–Crippen LogP) is 4.12. The lowest BCUT2D eigenvalue weighted by Gasteiger charge is -2.33. The van der Waals surface area contributed by atoms with Gasteiger partial charge in [0.1, 0.15) is 5.82 Å². The molecule has 9 heteroatoms. The van der Waals surface area contributed by atoms with E-state index in [2.05, 4.69) is 15.3 Å². The number of carbonyl (C=O) groups is 1. The molecule has 0 radical (unpaired) electrons. The highest BCUT2D eigenvalue weighted by Crippen LogP contribution is 2.29. The van der Waals surface area contributed by atoms with Crippen LogP contribution in [0.1, 0.15) is 55.0 Å². The van der Waals surface area contributed by atoms with Crippen LogP contribution in [-0.4, -0.2) is 48.9 Å². The number of hydrogen-bond acceptors (Lipinski definition) is 5. The number of aromatic amines is 1. The Hall–Kier alpha value is -3.52. The highest BCUT2D eigenvalue weighted by atomic mass is 35.5. The minimum atomic E-state index is -0.295. The average molecular weight is 491 g/mol. The number of rotatable bonds is 6. The van der Waals surface area contributed by atoms with Gasteiger partial charge < -0.3 is 9.88 Å². The van der Waals surface area contributed by atoms with Crippen molar-refractivity contribution in [3.05, 3.63) is 86.9 Å². The smallest absolute Gasteiger partial charge is 0.281 e. The second-order valence-corrected chi connectivity index (χ2v) is 9.41. The van der Waals surface area contributed by atoms with E-state index in [1.807, 2.05) is 66.4 Å². The molecule has 0 aliphatic carbocycles. The van der Waals surface area contributed by atoms with E-state index >= 15 is 0 Å². The molecule has 1 amide bonds. The number of nitrogens with one attached hydrogen (secondary N) is 1. The first kappa shape index (κ1) is 23.2. The Kier molecular flexibility index (Phi) is 6.63. The predicted molar refractivity (Wildman–Crippen MR) is 135 cm³/mol. The fourth-order valence-electron chi connectivity index (χ4n) is 4.82. The lowest BCUT2D eigenvalue weighted by molar-refractivity contribution is -0.134. The van der Waals surface area contributed by atoms with Crippen LogP contribution < -0.4 is 5.56 Å². The Morgan fingerprint density at radius 1 is 1.14 bits per heavy atom. The largest absolute Gasteiger partial charge is 0.342 e. The van der Waals surface area contributed by atoms with E-state index in [4.69, 9.17) is 16.6 Å². The molecule has 1 aliphatic rings. The van der Waals surface area contributed by atoms with E-state index in [0.717, 1.165) is 30.4 Å². The van der Waals surface area contributed by atoms with Gasteiger partial charge in [0.05, 0.1) is 12.5 Å². The Bertz CT molecular complexity index is 1390. The van der Waals surface area contributed by atoms with Gasteiger partial charge in [-0.1, -0.05) is 66.2 Å². The van der Waals surface area contributed by atoms with E-state index in [1.54, 1.807) is 4.68 Å². The molecule has 0 spiro atoms. The number of halogens is 1. The third-order valence-corrected chi connectivity index (χ3v) is 6.95. The highest BCUT2D eigenvalue weighted by Gasteiger charge is 2.30. The van der Waals surface area contributed by atoms with Crippen molar-refractivity contribution in [3.63, 3.8) is 0 Å². The molecule has 180 valence electrons. The normalized spacial score (nSPS) is 15.4. The van der Waals surface area contributed by atoms with Crippen molar-refractivity contribution >= 4 is 28.7 Å². The van der Waals surface area contributed by atoms with Gasteiger partial charge in [0.2, 0.25) is 5.91 Å². The van der Waals surface area contributed by atoms with E-state index < -0.39 is 0 Å². The Balaban J connectivity index is 1.32. The minimum Gasteiger partial charge on any atom is -0.342 e. The monoisotopic (exact) mass is 490 g/mol. The Labute approximate surface area is 207 Å². The lowest BCUT2D eigenvalue weighted by Crippen LogP contribution is -2.41. The van der Waals surface area contributed by atoms with E-state index in [-0.39, 0.29) is 28.8 Å². The molecular weight excluding hydrogens is 464 g/mol. The number of benzene rings is 2. The highest BCUT2D eigenvalue weighted by molar-refractivity contribution is 6.30. The number of fused-ring (bicyclic) bond motifs is 1. The number of likely N-dealkylation sites (tertiary alicyclic amines) is 1. The summed E-state index contributed by atoms with van der Waals surface area (Å²) in [7, 11) is 0.